The second-order valence-electron chi connectivity index (χ2n) is 6.00. The van der Waals surface area contributed by atoms with Gasteiger partial charge in [-0.2, -0.15) is 0 Å². The van der Waals surface area contributed by atoms with Crippen molar-refractivity contribution < 1.29 is 8.42 Å². The van der Waals surface area contributed by atoms with E-state index in [0.717, 1.165) is 37.8 Å². The second kappa shape index (κ2) is 6.90. The van der Waals surface area contributed by atoms with Gasteiger partial charge in [0.15, 0.2) is 0 Å². The summed E-state index contributed by atoms with van der Waals surface area (Å²) in [5.41, 5.74) is 1.22. The van der Waals surface area contributed by atoms with Crippen molar-refractivity contribution in [3.05, 3.63) is 29.8 Å². The van der Waals surface area contributed by atoms with Crippen molar-refractivity contribution in [2.75, 3.05) is 13.1 Å². The van der Waals surface area contributed by atoms with Gasteiger partial charge in [-0.3, -0.25) is 0 Å². The maximum atomic E-state index is 12.4. The van der Waals surface area contributed by atoms with E-state index in [4.69, 9.17) is 0 Å². The molecule has 0 aliphatic heterocycles. The molecule has 0 atom stereocenters. The average molecular weight is 310 g/mol. The summed E-state index contributed by atoms with van der Waals surface area (Å²) in [6.07, 6.45) is 4.50. The lowest BCUT2D eigenvalue weighted by atomic mass is 10.0. The quantitative estimate of drug-likeness (QED) is 0.737. The Kier molecular flexibility index (Phi) is 5.41. The molecule has 0 bridgehead atoms. The molecule has 1 fully saturated rings. The molecule has 2 N–H and O–H groups in total. The Morgan fingerprint density at radius 2 is 2.00 bits per heavy atom. The highest BCUT2D eigenvalue weighted by Crippen LogP contribution is 2.49. The van der Waals surface area contributed by atoms with Crippen LogP contribution in [0.3, 0.4) is 0 Å². The molecule has 1 aromatic carbocycles. The Morgan fingerprint density at radius 3 is 2.62 bits per heavy atom. The van der Waals surface area contributed by atoms with E-state index in [2.05, 4.69) is 17.0 Å². The molecule has 21 heavy (non-hydrogen) atoms. The number of hydrogen-bond acceptors (Lipinski definition) is 3. The smallest absolute Gasteiger partial charge is 0.240 e. The fourth-order valence-corrected chi connectivity index (χ4v) is 3.87. The topological polar surface area (TPSA) is 58.2 Å². The summed E-state index contributed by atoms with van der Waals surface area (Å²) < 4.78 is 27.6. The van der Waals surface area contributed by atoms with E-state index in [1.807, 2.05) is 13.0 Å². The van der Waals surface area contributed by atoms with E-state index in [-0.39, 0.29) is 5.41 Å². The van der Waals surface area contributed by atoms with E-state index in [1.165, 1.54) is 0 Å². The number of nitrogens with one attached hydrogen (secondary N) is 2. The second-order valence-corrected chi connectivity index (χ2v) is 7.77. The highest BCUT2D eigenvalue weighted by Gasteiger charge is 2.42. The first-order valence-corrected chi connectivity index (χ1v) is 9.29. The Balaban J connectivity index is 2.02. The van der Waals surface area contributed by atoms with Crippen LogP contribution in [0.5, 0.6) is 0 Å². The first-order valence-electron chi connectivity index (χ1n) is 7.81. The van der Waals surface area contributed by atoms with Crippen molar-refractivity contribution in [1.29, 1.82) is 0 Å². The molecular weight excluding hydrogens is 284 g/mol. The highest BCUT2D eigenvalue weighted by atomic mass is 32.2. The Bertz CT molecular complexity index is 565. The fourth-order valence-electron chi connectivity index (χ4n) is 2.65. The number of hydrogen-bond donors (Lipinski definition) is 2. The monoisotopic (exact) mass is 310 g/mol. The Hall–Kier alpha value is -0.910. The van der Waals surface area contributed by atoms with Crippen LogP contribution in [-0.4, -0.2) is 21.5 Å². The molecular formula is C16H26N2O2S. The lowest BCUT2D eigenvalue weighted by Gasteiger charge is -2.15. The lowest BCUT2D eigenvalue weighted by Crippen LogP contribution is -2.30. The molecule has 0 unspecified atom stereocenters. The molecule has 0 spiro atoms. The zero-order valence-electron chi connectivity index (χ0n) is 13.0. The van der Waals surface area contributed by atoms with Crippen LogP contribution in [0.15, 0.2) is 29.2 Å². The summed E-state index contributed by atoms with van der Waals surface area (Å²) in [6.45, 7) is 6.32. The molecule has 0 saturated heterocycles. The zero-order chi connectivity index (χ0) is 15.3. The van der Waals surface area contributed by atoms with E-state index in [0.29, 0.717) is 18.0 Å². The first kappa shape index (κ1) is 16.5. The Labute approximate surface area is 128 Å². The predicted molar refractivity (Wildman–Crippen MR) is 85.6 cm³/mol. The molecule has 0 amide bonds. The van der Waals surface area contributed by atoms with Gasteiger partial charge in [-0.25, -0.2) is 13.1 Å². The summed E-state index contributed by atoms with van der Waals surface area (Å²) in [4.78, 5) is 0.366. The van der Waals surface area contributed by atoms with Crippen LogP contribution in [0.2, 0.25) is 0 Å². The molecule has 4 nitrogen and oxygen atoms in total. The van der Waals surface area contributed by atoms with Crippen LogP contribution < -0.4 is 10.0 Å². The SMILES string of the molecule is CCCC1(CNS(=O)(=O)c2cccc(CNCC)c2)CC1. The number of sulfonamides is 1. The van der Waals surface area contributed by atoms with E-state index >= 15 is 0 Å². The van der Waals surface area contributed by atoms with Crippen LogP contribution in [0.4, 0.5) is 0 Å². The first-order chi connectivity index (χ1) is 10.0. The van der Waals surface area contributed by atoms with Crippen molar-refractivity contribution in [2.24, 2.45) is 5.41 Å². The van der Waals surface area contributed by atoms with Gasteiger partial charge in [-0.1, -0.05) is 32.4 Å². The van der Waals surface area contributed by atoms with Crippen molar-refractivity contribution in [1.82, 2.24) is 10.0 Å². The average Bonchev–Trinajstić information content (AvgIpc) is 3.24. The van der Waals surface area contributed by atoms with Crippen molar-refractivity contribution in [3.63, 3.8) is 0 Å². The molecule has 1 aliphatic rings. The highest BCUT2D eigenvalue weighted by molar-refractivity contribution is 7.89. The molecule has 0 aromatic heterocycles. The van der Waals surface area contributed by atoms with Gasteiger partial charge in [0, 0.05) is 13.1 Å². The molecule has 1 aliphatic carbocycles. The maximum absolute atomic E-state index is 12.4. The molecule has 0 radical (unpaired) electrons. The van der Waals surface area contributed by atoms with E-state index < -0.39 is 10.0 Å². The normalized spacial score (nSPS) is 16.9. The van der Waals surface area contributed by atoms with E-state index in [9.17, 15) is 8.42 Å². The Morgan fingerprint density at radius 1 is 1.24 bits per heavy atom. The van der Waals surface area contributed by atoms with Crippen molar-refractivity contribution in [2.45, 2.75) is 51.0 Å². The van der Waals surface area contributed by atoms with Gasteiger partial charge in [0.1, 0.15) is 0 Å². The summed E-state index contributed by atoms with van der Waals surface area (Å²) in [5.74, 6) is 0. The van der Waals surface area contributed by atoms with Gasteiger partial charge in [-0.15, -0.1) is 0 Å². The van der Waals surface area contributed by atoms with Gasteiger partial charge in [0.2, 0.25) is 10.0 Å². The largest absolute Gasteiger partial charge is 0.313 e. The van der Waals surface area contributed by atoms with Crippen LogP contribution in [0, 0.1) is 5.41 Å². The molecule has 1 aromatic rings. The summed E-state index contributed by atoms with van der Waals surface area (Å²) in [6, 6.07) is 7.17. The molecule has 1 saturated carbocycles. The fraction of sp³-hybridized carbons (Fsp3) is 0.625. The third kappa shape index (κ3) is 4.53. The number of rotatable bonds is 9. The summed E-state index contributed by atoms with van der Waals surface area (Å²) in [7, 11) is -3.40. The van der Waals surface area contributed by atoms with Crippen LogP contribution in [-0.2, 0) is 16.6 Å². The summed E-state index contributed by atoms with van der Waals surface area (Å²) in [5, 5.41) is 3.21. The van der Waals surface area contributed by atoms with Gasteiger partial charge in [-0.05, 0) is 48.9 Å². The summed E-state index contributed by atoms with van der Waals surface area (Å²) >= 11 is 0. The molecule has 118 valence electrons. The minimum atomic E-state index is -3.40. The standard InChI is InChI=1S/C16H26N2O2S/c1-3-8-16(9-10-16)13-18-21(19,20)15-7-5-6-14(11-15)12-17-4-2/h5-7,11,17-18H,3-4,8-10,12-13H2,1-2H3. The van der Waals surface area contributed by atoms with Gasteiger partial charge >= 0.3 is 0 Å². The zero-order valence-corrected chi connectivity index (χ0v) is 13.8. The van der Waals surface area contributed by atoms with Crippen molar-refractivity contribution >= 4 is 10.0 Å². The van der Waals surface area contributed by atoms with E-state index in [1.54, 1.807) is 18.2 Å². The van der Waals surface area contributed by atoms with Gasteiger partial charge < -0.3 is 5.32 Å². The third-order valence-corrected chi connectivity index (χ3v) is 5.56. The van der Waals surface area contributed by atoms with Gasteiger partial charge in [0.05, 0.1) is 4.90 Å². The minimum Gasteiger partial charge on any atom is -0.313 e. The molecule has 5 heteroatoms. The maximum Gasteiger partial charge on any atom is 0.240 e. The van der Waals surface area contributed by atoms with Crippen LogP contribution in [0.25, 0.3) is 0 Å². The minimum absolute atomic E-state index is 0.225. The van der Waals surface area contributed by atoms with Gasteiger partial charge in [0.25, 0.3) is 0 Å². The van der Waals surface area contributed by atoms with Crippen LogP contribution >= 0.6 is 0 Å². The van der Waals surface area contributed by atoms with Crippen LogP contribution in [0.1, 0.15) is 45.1 Å². The van der Waals surface area contributed by atoms with Crippen molar-refractivity contribution in [3.8, 4) is 0 Å². The molecule has 0 heterocycles. The lowest BCUT2D eigenvalue weighted by molar-refractivity contribution is 0.449. The predicted octanol–water partition coefficient (Wildman–Crippen LogP) is 2.65. The number of benzene rings is 1. The third-order valence-electron chi connectivity index (χ3n) is 4.16. The molecule has 2 rings (SSSR count).